The minimum Gasteiger partial charge on any atom is -0.489 e. The molecule has 0 fully saturated rings. The number of methoxy groups -OCH3 is 1. The molecule has 1 aromatic heterocycles. The number of fused-ring (bicyclic) bond motifs is 1. The van der Waals surface area contributed by atoms with Crippen molar-refractivity contribution in [3.05, 3.63) is 36.5 Å². The number of aromatic nitrogens is 1. The molecule has 6 nitrogen and oxygen atoms in total. The second kappa shape index (κ2) is 8.84. The number of nitrogens with one attached hydrogen (secondary N) is 2. The van der Waals surface area contributed by atoms with Crippen molar-refractivity contribution < 1.29 is 14.3 Å². The smallest absolute Gasteiger partial charge is 0.314 e. The number of hydrogen-bond acceptors (Lipinski definition) is 4. The lowest BCUT2D eigenvalue weighted by Gasteiger charge is -2.10. The number of carbonyl (C=O) groups is 1. The summed E-state index contributed by atoms with van der Waals surface area (Å²) in [5, 5.41) is 6.52. The topological polar surface area (TPSA) is 72.5 Å². The van der Waals surface area contributed by atoms with E-state index in [4.69, 9.17) is 9.47 Å². The number of amides is 2. The first-order valence-electron chi connectivity index (χ1n) is 7.28. The number of hydrogen-bond donors (Lipinski definition) is 2. The zero-order chi connectivity index (χ0) is 15.6. The Bertz CT molecular complexity index is 599. The van der Waals surface area contributed by atoms with Gasteiger partial charge in [0.15, 0.2) is 0 Å². The molecule has 0 spiro atoms. The predicted molar refractivity (Wildman–Crippen MR) is 85.1 cm³/mol. The van der Waals surface area contributed by atoms with Gasteiger partial charge in [0.1, 0.15) is 17.9 Å². The quantitative estimate of drug-likeness (QED) is 0.731. The van der Waals surface area contributed by atoms with Gasteiger partial charge in [0.25, 0.3) is 0 Å². The van der Waals surface area contributed by atoms with Gasteiger partial charge in [0, 0.05) is 31.8 Å². The summed E-state index contributed by atoms with van der Waals surface area (Å²) in [7, 11) is 1.64. The van der Waals surface area contributed by atoms with Crippen molar-refractivity contribution in [2.45, 2.75) is 6.42 Å². The van der Waals surface area contributed by atoms with Crippen molar-refractivity contribution in [1.29, 1.82) is 0 Å². The number of ether oxygens (including phenoxy) is 2. The van der Waals surface area contributed by atoms with Gasteiger partial charge < -0.3 is 20.1 Å². The van der Waals surface area contributed by atoms with E-state index in [2.05, 4.69) is 15.6 Å². The standard InChI is InChI=1S/C16H21N3O3/c1-21-11-4-9-18-16(20)19-10-12-22-14-7-2-5-13-6-3-8-17-15(13)14/h2-3,5-8H,4,9-12H2,1H3,(H2,18,19,20). The first-order valence-corrected chi connectivity index (χ1v) is 7.28. The molecule has 0 saturated carbocycles. The van der Waals surface area contributed by atoms with Crippen LogP contribution in [0.2, 0.25) is 0 Å². The summed E-state index contributed by atoms with van der Waals surface area (Å²) in [4.78, 5) is 15.8. The first-order chi connectivity index (χ1) is 10.8. The minimum atomic E-state index is -0.198. The van der Waals surface area contributed by atoms with Gasteiger partial charge in [0.2, 0.25) is 0 Å². The number of carbonyl (C=O) groups excluding carboxylic acids is 1. The summed E-state index contributed by atoms with van der Waals surface area (Å²) in [6.45, 7) is 2.05. The highest BCUT2D eigenvalue weighted by atomic mass is 16.5. The lowest BCUT2D eigenvalue weighted by atomic mass is 10.2. The van der Waals surface area contributed by atoms with E-state index >= 15 is 0 Å². The minimum absolute atomic E-state index is 0.198. The molecule has 0 saturated heterocycles. The van der Waals surface area contributed by atoms with Gasteiger partial charge in [-0.1, -0.05) is 18.2 Å². The first kappa shape index (κ1) is 16.0. The Kier molecular flexibility index (Phi) is 6.44. The fraction of sp³-hybridized carbons (Fsp3) is 0.375. The second-order valence-electron chi connectivity index (χ2n) is 4.71. The fourth-order valence-corrected chi connectivity index (χ4v) is 2.00. The SMILES string of the molecule is COCCCNC(=O)NCCOc1cccc2cccnc12. The van der Waals surface area contributed by atoms with Gasteiger partial charge in [-0.05, 0) is 18.6 Å². The van der Waals surface area contributed by atoms with Crippen molar-refractivity contribution >= 4 is 16.9 Å². The summed E-state index contributed by atoms with van der Waals surface area (Å²) in [5.74, 6) is 0.723. The van der Waals surface area contributed by atoms with E-state index in [1.165, 1.54) is 0 Å². The van der Waals surface area contributed by atoms with Crippen LogP contribution in [0.5, 0.6) is 5.75 Å². The zero-order valence-corrected chi connectivity index (χ0v) is 12.7. The lowest BCUT2D eigenvalue weighted by Crippen LogP contribution is -2.38. The lowest BCUT2D eigenvalue weighted by molar-refractivity contribution is 0.193. The maximum atomic E-state index is 11.5. The molecule has 1 aromatic carbocycles. The molecule has 1 heterocycles. The number of rotatable bonds is 8. The van der Waals surface area contributed by atoms with Crippen LogP contribution in [-0.4, -0.2) is 44.4 Å². The molecule has 22 heavy (non-hydrogen) atoms. The number of nitrogens with zero attached hydrogens (tertiary/aromatic N) is 1. The van der Waals surface area contributed by atoms with E-state index in [9.17, 15) is 4.79 Å². The molecule has 2 aromatic rings. The summed E-state index contributed by atoms with van der Waals surface area (Å²) >= 11 is 0. The van der Waals surface area contributed by atoms with Gasteiger partial charge >= 0.3 is 6.03 Å². The van der Waals surface area contributed by atoms with Crippen LogP contribution in [-0.2, 0) is 4.74 Å². The van der Waals surface area contributed by atoms with Crippen molar-refractivity contribution in [3.8, 4) is 5.75 Å². The summed E-state index contributed by atoms with van der Waals surface area (Å²) in [5.41, 5.74) is 0.828. The second-order valence-corrected chi connectivity index (χ2v) is 4.71. The molecule has 0 atom stereocenters. The van der Waals surface area contributed by atoms with Crippen LogP contribution in [0.25, 0.3) is 10.9 Å². The Labute approximate surface area is 129 Å². The molecule has 2 amide bonds. The maximum Gasteiger partial charge on any atom is 0.314 e. The Morgan fingerprint density at radius 3 is 2.82 bits per heavy atom. The summed E-state index contributed by atoms with van der Waals surface area (Å²) < 4.78 is 10.6. The van der Waals surface area contributed by atoms with Crippen LogP contribution in [0.1, 0.15) is 6.42 Å². The van der Waals surface area contributed by atoms with E-state index in [1.807, 2.05) is 30.3 Å². The number of para-hydroxylation sites is 1. The highest BCUT2D eigenvalue weighted by molar-refractivity contribution is 5.84. The Morgan fingerprint density at radius 1 is 1.14 bits per heavy atom. The number of benzene rings is 1. The largest absolute Gasteiger partial charge is 0.489 e. The van der Waals surface area contributed by atoms with Crippen LogP contribution in [0.4, 0.5) is 4.79 Å². The molecule has 0 unspecified atom stereocenters. The summed E-state index contributed by atoms with van der Waals surface area (Å²) in [6.07, 6.45) is 2.53. The van der Waals surface area contributed by atoms with E-state index in [0.717, 1.165) is 23.1 Å². The third-order valence-electron chi connectivity index (χ3n) is 3.05. The highest BCUT2D eigenvalue weighted by Gasteiger charge is 2.03. The van der Waals surface area contributed by atoms with Crippen LogP contribution >= 0.6 is 0 Å². The molecule has 0 bridgehead atoms. The van der Waals surface area contributed by atoms with Gasteiger partial charge in [0.05, 0.1) is 6.54 Å². The Balaban J connectivity index is 1.71. The molecule has 0 radical (unpaired) electrons. The molecule has 6 heteroatoms. The Hall–Kier alpha value is -2.34. The number of pyridine rings is 1. The van der Waals surface area contributed by atoms with Crippen molar-refractivity contribution in [3.63, 3.8) is 0 Å². The maximum absolute atomic E-state index is 11.5. The van der Waals surface area contributed by atoms with Gasteiger partial charge in [-0.25, -0.2) is 4.79 Å². The Morgan fingerprint density at radius 2 is 1.95 bits per heavy atom. The highest BCUT2D eigenvalue weighted by Crippen LogP contribution is 2.22. The summed E-state index contributed by atoms with van der Waals surface area (Å²) in [6, 6.07) is 9.47. The molecular weight excluding hydrogens is 282 g/mol. The molecule has 118 valence electrons. The third-order valence-corrected chi connectivity index (χ3v) is 3.05. The monoisotopic (exact) mass is 303 g/mol. The third kappa shape index (κ3) is 4.89. The van der Waals surface area contributed by atoms with Crippen LogP contribution in [0.3, 0.4) is 0 Å². The average Bonchev–Trinajstić information content (AvgIpc) is 2.56. The van der Waals surface area contributed by atoms with Gasteiger partial charge in [-0.2, -0.15) is 0 Å². The van der Waals surface area contributed by atoms with E-state index in [0.29, 0.717) is 26.3 Å². The normalized spacial score (nSPS) is 10.4. The average molecular weight is 303 g/mol. The van der Waals surface area contributed by atoms with Crippen molar-refractivity contribution in [1.82, 2.24) is 15.6 Å². The molecule has 2 rings (SSSR count). The van der Waals surface area contributed by atoms with Crippen LogP contribution < -0.4 is 15.4 Å². The van der Waals surface area contributed by atoms with Gasteiger partial charge in [-0.15, -0.1) is 0 Å². The van der Waals surface area contributed by atoms with Crippen molar-refractivity contribution in [2.75, 3.05) is 33.4 Å². The van der Waals surface area contributed by atoms with Gasteiger partial charge in [-0.3, -0.25) is 4.98 Å². The zero-order valence-electron chi connectivity index (χ0n) is 12.7. The van der Waals surface area contributed by atoms with Crippen LogP contribution in [0.15, 0.2) is 36.5 Å². The molecular formula is C16H21N3O3. The van der Waals surface area contributed by atoms with Crippen molar-refractivity contribution in [2.24, 2.45) is 0 Å². The molecule has 0 aliphatic heterocycles. The molecule has 0 aliphatic carbocycles. The van der Waals surface area contributed by atoms with E-state index < -0.39 is 0 Å². The molecule has 0 aliphatic rings. The van der Waals surface area contributed by atoms with Crippen LogP contribution in [0, 0.1) is 0 Å². The predicted octanol–water partition coefficient (Wildman–Crippen LogP) is 1.95. The molecule has 2 N–H and O–H groups in total. The van der Waals surface area contributed by atoms with E-state index in [-0.39, 0.29) is 6.03 Å². The number of urea groups is 1. The fourth-order valence-electron chi connectivity index (χ4n) is 2.00. The van der Waals surface area contributed by atoms with E-state index in [1.54, 1.807) is 13.3 Å².